The molecule has 2 aromatic rings. The first kappa shape index (κ1) is 16.7. The summed E-state index contributed by atoms with van der Waals surface area (Å²) >= 11 is 0. The third-order valence-electron chi connectivity index (χ3n) is 5.15. The Morgan fingerprint density at radius 3 is 2.52 bits per heavy atom. The van der Waals surface area contributed by atoms with Crippen LogP contribution in [0.3, 0.4) is 0 Å². The predicted molar refractivity (Wildman–Crippen MR) is 93.3 cm³/mol. The van der Waals surface area contributed by atoms with Crippen LogP contribution in [0.25, 0.3) is 0 Å². The summed E-state index contributed by atoms with van der Waals surface area (Å²) in [6, 6.07) is 11.3. The summed E-state index contributed by atoms with van der Waals surface area (Å²) in [5.74, 6) is -0.718. The van der Waals surface area contributed by atoms with E-state index in [0.717, 1.165) is 6.07 Å². The number of fused-ring (bicyclic) bond motifs is 4. The fourth-order valence-corrected chi connectivity index (χ4v) is 4.06. The minimum Gasteiger partial charge on any atom is -0.347 e. The molecule has 0 amide bonds. The number of carbonyl (C=O) groups is 1. The summed E-state index contributed by atoms with van der Waals surface area (Å²) in [5, 5.41) is 32.1. The van der Waals surface area contributed by atoms with Gasteiger partial charge in [0.15, 0.2) is 5.78 Å². The third-order valence-corrected chi connectivity index (χ3v) is 5.15. The minimum atomic E-state index is -0.713. The Balaban J connectivity index is 1.93. The molecule has 0 aliphatic carbocycles. The van der Waals surface area contributed by atoms with Crippen molar-refractivity contribution < 1.29 is 14.6 Å². The molecule has 2 aromatic carbocycles. The highest BCUT2D eigenvalue weighted by atomic mass is 16.6. The zero-order valence-corrected chi connectivity index (χ0v) is 13.8. The minimum absolute atomic E-state index is 0.112. The average molecular weight is 364 g/mol. The number of nitro groups is 2. The Bertz CT molecular complexity index is 1040. The number of Topliss-reactive ketones (excluding diaryl/α,β-unsaturated/α-hetero) is 1. The molecule has 27 heavy (non-hydrogen) atoms. The van der Waals surface area contributed by atoms with Gasteiger partial charge in [-0.15, -0.1) is 0 Å². The number of hydrogen-bond acceptors (Lipinski definition) is 7. The van der Waals surface area contributed by atoms with Crippen molar-refractivity contribution in [3.8, 4) is 6.07 Å². The number of anilines is 1. The highest BCUT2D eigenvalue weighted by molar-refractivity contribution is 6.06. The molecule has 3 atom stereocenters. The lowest BCUT2D eigenvalue weighted by molar-refractivity contribution is -0.393. The van der Waals surface area contributed by atoms with E-state index in [1.165, 1.54) is 12.1 Å². The summed E-state index contributed by atoms with van der Waals surface area (Å²) in [6.07, 6.45) is 0.253. The van der Waals surface area contributed by atoms with Crippen molar-refractivity contribution in [2.45, 2.75) is 18.5 Å². The summed E-state index contributed by atoms with van der Waals surface area (Å²) in [6.45, 7) is 0. The zero-order valence-electron chi connectivity index (χ0n) is 13.8. The number of benzene rings is 2. The van der Waals surface area contributed by atoms with Crippen LogP contribution in [0, 0.1) is 37.5 Å². The standard InChI is InChI=1S/C18H12N4O5/c19-9-10-7-16-18(23)13-4-2-1-3-12(13)17(10)20(16)14-6-5-11(21(24)25)8-15(14)22(26)27/h1-6,8,10,16-17H,7H2. The molecule has 0 radical (unpaired) electrons. The Labute approximate surface area is 152 Å². The van der Waals surface area contributed by atoms with E-state index >= 15 is 0 Å². The molecular weight excluding hydrogens is 352 g/mol. The van der Waals surface area contributed by atoms with Gasteiger partial charge in [0.2, 0.25) is 0 Å². The van der Waals surface area contributed by atoms with Crippen LogP contribution in [0.2, 0.25) is 0 Å². The Morgan fingerprint density at radius 2 is 1.85 bits per heavy atom. The molecule has 9 heteroatoms. The molecule has 1 fully saturated rings. The molecule has 3 unspecified atom stereocenters. The smallest absolute Gasteiger partial charge is 0.299 e. The molecular formula is C18H12N4O5. The molecule has 1 saturated heterocycles. The van der Waals surface area contributed by atoms with Gasteiger partial charge in [-0.05, 0) is 18.1 Å². The summed E-state index contributed by atoms with van der Waals surface area (Å²) < 4.78 is 0. The van der Waals surface area contributed by atoms with Crippen LogP contribution in [0.15, 0.2) is 42.5 Å². The van der Waals surface area contributed by atoms with E-state index in [2.05, 4.69) is 6.07 Å². The zero-order chi connectivity index (χ0) is 19.3. The molecule has 2 aliphatic rings. The maximum atomic E-state index is 12.9. The van der Waals surface area contributed by atoms with Gasteiger partial charge in [0.1, 0.15) is 5.69 Å². The van der Waals surface area contributed by atoms with Crippen LogP contribution in [0.1, 0.15) is 28.4 Å². The van der Waals surface area contributed by atoms with Crippen LogP contribution in [-0.2, 0) is 0 Å². The van der Waals surface area contributed by atoms with Gasteiger partial charge in [-0.2, -0.15) is 5.26 Å². The Morgan fingerprint density at radius 1 is 1.11 bits per heavy atom. The van der Waals surface area contributed by atoms with E-state index in [4.69, 9.17) is 0 Å². The topological polar surface area (TPSA) is 130 Å². The molecule has 0 spiro atoms. The second-order valence-corrected chi connectivity index (χ2v) is 6.48. The molecule has 0 aromatic heterocycles. The second-order valence-electron chi connectivity index (χ2n) is 6.48. The van der Waals surface area contributed by atoms with Gasteiger partial charge in [0, 0.05) is 11.6 Å². The van der Waals surface area contributed by atoms with Gasteiger partial charge in [-0.3, -0.25) is 25.0 Å². The first-order valence-corrected chi connectivity index (χ1v) is 8.18. The van der Waals surface area contributed by atoms with Crippen LogP contribution >= 0.6 is 0 Å². The number of non-ortho nitro benzene ring substituents is 1. The predicted octanol–water partition coefficient (Wildman–Crippen LogP) is 3.16. The number of nitro benzene ring substituents is 2. The summed E-state index contributed by atoms with van der Waals surface area (Å²) in [5.41, 5.74) is 0.422. The normalized spacial score (nSPS) is 22.9. The number of carbonyl (C=O) groups excluding carboxylic acids is 1. The van der Waals surface area contributed by atoms with Crippen molar-refractivity contribution in [1.82, 2.24) is 0 Å². The molecule has 9 nitrogen and oxygen atoms in total. The maximum absolute atomic E-state index is 12.9. The van der Waals surface area contributed by atoms with Crippen LogP contribution in [0.5, 0.6) is 0 Å². The highest BCUT2D eigenvalue weighted by Crippen LogP contribution is 2.51. The lowest BCUT2D eigenvalue weighted by Gasteiger charge is -2.37. The van der Waals surface area contributed by atoms with Gasteiger partial charge in [-0.25, -0.2) is 0 Å². The molecule has 4 rings (SSSR count). The number of nitriles is 1. The molecule has 2 bridgehead atoms. The average Bonchev–Trinajstić information content (AvgIpc) is 3.00. The fourth-order valence-electron chi connectivity index (χ4n) is 4.06. The van der Waals surface area contributed by atoms with Gasteiger partial charge in [-0.1, -0.05) is 24.3 Å². The largest absolute Gasteiger partial charge is 0.347 e. The lowest BCUT2D eigenvalue weighted by Crippen LogP contribution is -2.42. The van der Waals surface area contributed by atoms with Crippen molar-refractivity contribution in [1.29, 1.82) is 5.26 Å². The lowest BCUT2D eigenvalue weighted by atomic mass is 9.89. The van der Waals surface area contributed by atoms with Crippen molar-refractivity contribution >= 4 is 22.8 Å². The quantitative estimate of drug-likeness (QED) is 0.604. The van der Waals surface area contributed by atoms with E-state index in [1.807, 2.05) is 0 Å². The van der Waals surface area contributed by atoms with Crippen molar-refractivity contribution in [2.75, 3.05) is 4.90 Å². The summed E-state index contributed by atoms with van der Waals surface area (Å²) in [4.78, 5) is 35.7. The number of hydrogen-bond donors (Lipinski definition) is 0. The molecule has 0 N–H and O–H groups in total. The third kappa shape index (κ3) is 2.34. The number of rotatable bonds is 3. The Kier molecular flexibility index (Phi) is 3.63. The monoisotopic (exact) mass is 364 g/mol. The van der Waals surface area contributed by atoms with Crippen molar-refractivity contribution in [3.05, 3.63) is 73.8 Å². The van der Waals surface area contributed by atoms with Crippen molar-refractivity contribution in [2.24, 2.45) is 5.92 Å². The van der Waals surface area contributed by atoms with Crippen LogP contribution in [-0.4, -0.2) is 21.7 Å². The first-order chi connectivity index (χ1) is 12.9. The first-order valence-electron chi connectivity index (χ1n) is 8.18. The number of ketones is 1. The second kappa shape index (κ2) is 5.88. The van der Waals surface area contributed by atoms with E-state index in [1.54, 1.807) is 29.2 Å². The van der Waals surface area contributed by atoms with E-state index in [9.17, 15) is 30.3 Å². The van der Waals surface area contributed by atoms with Crippen LogP contribution < -0.4 is 4.90 Å². The molecule has 2 aliphatic heterocycles. The van der Waals surface area contributed by atoms with Gasteiger partial charge >= 0.3 is 0 Å². The maximum Gasteiger partial charge on any atom is 0.299 e. The molecule has 0 saturated carbocycles. The van der Waals surface area contributed by atoms with Crippen LogP contribution in [0.4, 0.5) is 17.1 Å². The van der Waals surface area contributed by atoms with E-state index in [-0.39, 0.29) is 17.9 Å². The van der Waals surface area contributed by atoms with Gasteiger partial charge in [0.05, 0.1) is 40.0 Å². The summed E-state index contributed by atoms with van der Waals surface area (Å²) in [7, 11) is 0. The Hall–Kier alpha value is -3.80. The molecule has 2 heterocycles. The van der Waals surface area contributed by atoms with E-state index in [0.29, 0.717) is 11.1 Å². The highest BCUT2D eigenvalue weighted by Gasteiger charge is 2.52. The van der Waals surface area contributed by atoms with E-state index < -0.39 is 39.2 Å². The van der Waals surface area contributed by atoms with Crippen molar-refractivity contribution in [3.63, 3.8) is 0 Å². The van der Waals surface area contributed by atoms with Gasteiger partial charge < -0.3 is 4.90 Å². The SMILES string of the molecule is N#CC1CC2C(=O)c3ccccc3C1N2c1ccc([N+](=O)[O-])cc1[N+](=O)[O-]. The molecule has 134 valence electrons. The fraction of sp³-hybridized carbons (Fsp3) is 0.222. The van der Waals surface area contributed by atoms with Gasteiger partial charge in [0.25, 0.3) is 11.4 Å². The number of nitrogens with zero attached hydrogens (tertiary/aromatic N) is 4.